The lowest BCUT2D eigenvalue weighted by Crippen LogP contribution is -2.38. The average molecular weight is 416 g/mol. The minimum atomic E-state index is 0. The van der Waals surface area contributed by atoms with Gasteiger partial charge < -0.3 is 10.6 Å². The van der Waals surface area contributed by atoms with Crippen LogP contribution in [0.5, 0.6) is 0 Å². The second kappa shape index (κ2) is 9.73. The quantitative estimate of drug-likeness (QED) is 0.448. The van der Waals surface area contributed by atoms with E-state index in [0.29, 0.717) is 6.54 Å². The molecular weight excluding hydrogens is 395 g/mol. The van der Waals surface area contributed by atoms with Crippen molar-refractivity contribution >= 4 is 41.3 Å². The maximum atomic E-state index is 4.46. The average Bonchev–Trinajstić information content (AvgIpc) is 2.96. The molecule has 114 valence electrons. The van der Waals surface area contributed by atoms with E-state index in [0.717, 1.165) is 30.3 Å². The van der Waals surface area contributed by atoms with E-state index in [1.165, 1.54) is 4.88 Å². The van der Waals surface area contributed by atoms with Crippen molar-refractivity contribution in [1.29, 1.82) is 0 Å². The third-order valence-electron chi connectivity index (χ3n) is 2.85. The summed E-state index contributed by atoms with van der Waals surface area (Å²) in [6.45, 7) is 3.55. The number of pyridine rings is 1. The molecule has 0 saturated heterocycles. The fourth-order valence-electron chi connectivity index (χ4n) is 1.85. The number of aryl methyl sites for hydroxylation is 1. The van der Waals surface area contributed by atoms with Crippen molar-refractivity contribution in [3.8, 4) is 0 Å². The van der Waals surface area contributed by atoms with Crippen LogP contribution >= 0.6 is 35.3 Å². The predicted octanol–water partition coefficient (Wildman–Crippen LogP) is 2.98. The summed E-state index contributed by atoms with van der Waals surface area (Å²) in [5.74, 6) is 0.810. The molecule has 0 radical (unpaired) electrons. The van der Waals surface area contributed by atoms with Crippen LogP contribution in [0, 0.1) is 6.92 Å². The molecule has 0 fully saturated rings. The first-order valence-corrected chi connectivity index (χ1v) is 7.55. The zero-order chi connectivity index (χ0) is 14.2. The van der Waals surface area contributed by atoms with Crippen molar-refractivity contribution in [3.63, 3.8) is 0 Å². The van der Waals surface area contributed by atoms with E-state index in [1.54, 1.807) is 18.4 Å². The Bertz CT molecular complexity index is 555. The SMILES string of the molecule is CN=C(NCCc1cccs1)NCc1cccc(C)n1.I. The molecule has 2 N–H and O–H groups in total. The van der Waals surface area contributed by atoms with Crippen LogP contribution in [-0.4, -0.2) is 24.5 Å². The predicted molar refractivity (Wildman–Crippen MR) is 101 cm³/mol. The molecule has 2 aromatic rings. The van der Waals surface area contributed by atoms with Gasteiger partial charge in [0.05, 0.1) is 12.2 Å². The first-order chi connectivity index (χ1) is 9.78. The van der Waals surface area contributed by atoms with E-state index < -0.39 is 0 Å². The largest absolute Gasteiger partial charge is 0.356 e. The lowest BCUT2D eigenvalue weighted by molar-refractivity contribution is 0.785. The van der Waals surface area contributed by atoms with Gasteiger partial charge in [0, 0.05) is 24.2 Å². The van der Waals surface area contributed by atoms with Crippen LogP contribution in [0.1, 0.15) is 16.3 Å². The first kappa shape index (κ1) is 17.9. The molecule has 21 heavy (non-hydrogen) atoms. The Hall–Kier alpha value is -1.15. The van der Waals surface area contributed by atoms with Gasteiger partial charge in [-0.05, 0) is 36.9 Å². The van der Waals surface area contributed by atoms with Gasteiger partial charge in [0.2, 0.25) is 0 Å². The Kier molecular flexibility index (Phi) is 8.29. The molecule has 0 atom stereocenters. The summed E-state index contributed by atoms with van der Waals surface area (Å²) in [5.41, 5.74) is 2.05. The van der Waals surface area contributed by atoms with Crippen LogP contribution in [-0.2, 0) is 13.0 Å². The van der Waals surface area contributed by atoms with Gasteiger partial charge in [-0.25, -0.2) is 0 Å². The molecule has 0 aliphatic carbocycles. The van der Waals surface area contributed by atoms with Crippen molar-refractivity contribution in [2.24, 2.45) is 4.99 Å². The Balaban J connectivity index is 0.00000220. The lowest BCUT2D eigenvalue weighted by atomic mass is 10.3. The van der Waals surface area contributed by atoms with Gasteiger partial charge >= 0.3 is 0 Å². The zero-order valence-corrected chi connectivity index (χ0v) is 15.4. The highest BCUT2D eigenvalue weighted by Crippen LogP contribution is 2.07. The summed E-state index contributed by atoms with van der Waals surface area (Å²) in [6.07, 6.45) is 1.01. The normalized spacial score (nSPS) is 10.9. The molecule has 0 spiro atoms. The lowest BCUT2D eigenvalue weighted by Gasteiger charge is -2.11. The van der Waals surface area contributed by atoms with E-state index in [-0.39, 0.29) is 24.0 Å². The van der Waals surface area contributed by atoms with E-state index >= 15 is 0 Å². The van der Waals surface area contributed by atoms with Crippen molar-refractivity contribution in [2.75, 3.05) is 13.6 Å². The van der Waals surface area contributed by atoms with Crippen LogP contribution in [0.2, 0.25) is 0 Å². The molecular formula is C15H21IN4S. The Morgan fingerprint density at radius 3 is 2.76 bits per heavy atom. The van der Waals surface area contributed by atoms with Crippen molar-refractivity contribution < 1.29 is 0 Å². The Labute approximate surface area is 147 Å². The molecule has 4 nitrogen and oxygen atoms in total. The number of rotatable bonds is 5. The molecule has 0 aliphatic rings. The number of hydrogen-bond acceptors (Lipinski definition) is 3. The summed E-state index contributed by atoms with van der Waals surface area (Å²) >= 11 is 1.78. The summed E-state index contributed by atoms with van der Waals surface area (Å²) in [5, 5.41) is 8.69. The maximum absolute atomic E-state index is 4.46. The molecule has 0 aromatic carbocycles. The number of aromatic nitrogens is 1. The van der Waals surface area contributed by atoms with E-state index in [9.17, 15) is 0 Å². The molecule has 0 unspecified atom stereocenters. The van der Waals surface area contributed by atoms with Crippen LogP contribution in [0.15, 0.2) is 40.7 Å². The van der Waals surface area contributed by atoms with Crippen LogP contribution < -0.4 is 10.6 Å². The van der Waals surface area contributed by atoms with Gasteiger partial charge in [-0.3, -0.25) is 9.98 Å². The third-order valence-corrected chi connectivity index (χ3v) is 3.79. The summed E-state index contributed by atoms with van der Waals surface area (Å²) in [6, 6.07) is 10.3. The Morgan fingerprint density at radius 1 is 1.24 bits per heavy atom. The zero-order valence-electron chi connectivity index (χ0n) is 12.3. The number of hydrogen-bond donors (Lipinski definition) is 2. The smallest absolute Gasteiger partial charge is 0.191 e. The summed E-state index contributed by atoms with van der Waals surface area (Å²) in [4.78, 5) is 10.1. The fourth-order valence-corrected chi connectivity index (χ4v) is 2.56. The highest BCUT2D eigenvalue weighted by molar-refractivity contribution is 14.0. The van der Waals surface area contributed by atoms with Crippen LogP contribution in [0.3, 0.4) is 0 Å². The summed E-state index contributed by atoms with van der Waals surface area (Å²) in [7, 11) is 1.78. The second-order valence-electron chi connectivity index (χ2n) is 4.45. The van der Waals surface area contributed by atoms with Gasteiger partial charge in [-0.1, -0.05) is 12.1 Å². The topological polar surface area (TPSA) is 49.3 Å². The maximum Gasteiger partial charge on any atom is 0.191 e. The molecule has 0 bridgehead atoms. The van der Waals surface area contributed by atoms with E-state index in [1.807, 2.05) is 25.1 Å². The molecule has 0 amide bonds. The third kappa shape index (κ3) is 6.43. The molecule has 2 rings (SSSR count). The highest BCUT2D eigenvalue weighted by Gasteiger charge is 2.00. The first-order valence-electron chi connectivity index (χ1n) is 6.67. The van der Waals surface area contributed by atoms with Crippen molar-refractivity contribution in [3.05, 3.63) is 52.0 Å². The Morgan fingerprint density at radius 2 is 2.10 bits per heavy atom. The number of halogens is 1. The van der Waals surface area contributed by atoms with Crippen molar-refractivity contribution in [2.45, 2.75) is 19.9 Å². The molecule has 2 heterocycles. The van der Waals surface area contributed by atoms with Crippen LogP contribution in [0.4, 0.5) is 0 Å². The van der Waals surface area contributed by atoms with Gasteiger partial charge in [-0.2, -0.15) is 0 Å². The second-order valence-corrected chi connectivity index (χ2v) is 5.48. The summed E-state index contributed by atoms with van der Waals surface area (Å²) < 4.78 is 0. The van der Waals surface area contributed by atoms with E-state index in [2.05, 4.69) is 38.1 Å². The molecule has 6 heteroatoms. The molecule has 0 saturated carbocycles. The number of thiophene rings is 1. The highest BCUT2D eigenvalue weighted by atomic mass is 127. The molecule has 2 aromatic heterocycles. The van der Waals surface area contributed by atoms with Gasteiger partial charge in [0.1, 0.15) is 0 Å². The minimum absolute atomic E-state index is 0. The monoisotopic (exact) mass is 416 g/mol. The molecule has 0 aliphatic heterocycles. The van der Waals surface area contributed by atoms with Gasteiger partial charge in [0.15, 0.2) is 5.96 Å². The van der Waals surface area contributed by atoms with Crippen molar-refractivity contribution in [1.82, 2.24) is 15.6 Å². The van der Waals surface area contributed by atoms with Crippen LogP contribution in [0.25, 0.3) is 0 Å². The minimum Gasteiger partial charge on any atom is -0.356 e. The number of guanidine groups is 1. The van der Waals surface area contributed by atoms with Gasteiger partial charge in [0.25, 0.3) is 0 Å². The van der Waals surface area contributed by atoms with Gasteiger partial charge in [-0.15, -0.1) is 35.3 Å². The number of nitrogens with zero attached hydrogens (tertiary/aromatic N) is 2. The number of nitrogens with one attached hydrogen (secondary N) is 2. The van der Waals surface area contributed by atoms with E-state index in [4.69, 9.17) is 0 Å². The standard InChI is InChI=1S/C15H20N4S.HI/c1-12-5-3-6-13(19-12)11-18-15(16-2)17-9-8-14-7-4-10-20-14;/h3-7,10H,8-9,11H2,1-2H3,(H2,16,17,18);1H. The number of aliphatic imine (C=N–C) groups is 1. The fraction of sp³-hybridized carbons (Fsp3) is 0.333.